The summed E-state index contributed by atoms with van der Waals surface area (Å²) in [6.45, 7) is 0. The zero-order valence-corrected chi connectivity index (χ0v) is 22.4. The molecule has 0 atom stereocenters. The average Bonchev–Trinajstić information content (AvgIpc) is 2.97. The number of rotatable bonds is 5. The van der Waals surface area contributed by atoms with Crippen molar-refractivity contribution in [3.63, 3.8) is 0 Å². The number of benzene rings is 3. The summed E-state index contributed by atoms with van der Waals surface area (Å²) in [6, 6.07) is 29.4. The van der Waals surface area contributed by atoms with Crippen LogP contribution in [0.5, 0.6) is 0 Å². The van der Waals surface area contributed by atoms with Crippen molar-refractivity contribution in [1.29, 1.82) is 0 Å². The Morgan fingerprint density at radius 1 is 0.711 bits per heavy atom. The highest BCUT2D eigenvalue weighted by Gasteiger charge is 2.17. The van der Waals surface area contributed by atoms with Gasteiger partial charge in [0, 0.05) is 37.5 Å². The van der Waals surface area contributed by atoms with E-state index in [0.717, 1.165) is 56.3 Å². The second-order valence-electron chi connectivity index (χ2n) is 9.79. The van der Waals surface area contributed by atoms with Crippen LogP contribution in [0, 0.1) is 0 Å². The van der Waals surface area contributed by atoms with Crippen molar-refractivity contribution in [2.75, 3.05) is 33.1 Å². The fraction of sp³-hybridized carbons (Fsp3) is 0.114. The molecule has 0 saturated heterocycles. The van der Waals surface area contributed by atoms with Crippen molar-refractivity contribution in [2.45, 2.75) is 0 Å². The Hall–Kier alpha value is -4.63. The van der Waals surface area contributed by atoms with Gasteiger partial charge in [0.2, 0.25) is 0 Å². The molecule has 0 bridgehead atoms. The predicted octanol–water partition coefficient (Wildman–Crippen LogP) is 7.38. The van der Waals surface area contributed by atoms with Gasteiger partial charge in [-0.3, -0.25) is 0 Å². The molecule has 3 aromatic carbocycles. The molecule has 0 saturated carbocycles. The van der Waals surface area contributed by atoms with Crippen molar-refractivity contribution in [1.82, 2.24) is 0 Å². The molecule has 0 unspecified atom stereocenters. The Labute approximate surface area is 226 Å². The van der Waals surface area contributed by atoms with Gasteiger partial charge < -0.3 is 9.64 Å². The zero-order valence-electron chi connectivity index (χ0n) is 22.4. The lowest BCUT2D eigenvalue weighted by Crippen LogP contribution is -2.10. The number of ether oxygens (including phenoxy) is 1. The summed E-state index contributed by atoms with van der Waals surface area (Å²) in [6.07, 6.45) is 15.1. The smallest absolute Gasteiger partial charge is 0.199 e. The fourth-order valence-electron chi connectivity index (χ4n) is 4.49. The van der Waals surface area contributed by atoms with E-state index in [9.17, 15) is 0 Å². The third-order valence-electron chi connectivity index (χ3n) is 6.65. The average molecular weight is 498 g/mol. The molecule has 0 spiro atoms. The molecular formula is C35H33N2O+. The first-order valence-electron chi connectivity index (χ1n) is 12.8. The van der Waals surface area contributed by atoms with Crippen LogP contribution in [0.25, 0.3) is 16.9 Å². The molecule has 0 radical (unpaired) electrons. The van der Waals surface area contributed by atoms with E-state index in [1.165, 1.54) is 0 Å². The number of hydrogen-bond donors (Lipinski definition) is 0. The molecule has 2 aliphatic rings. The maximum atomic E-state index is 6.53. The Balaban J connectivity index is 1.64. The molecule has 188 valence electrons. The van der Waals surface area contributed by atoms with Crippen LogP contribution in [0.4, 0.5) is 5.69 Å². The predicted molar refractivity (Wildman–Crippen MR) is 161 cm³/mol. The summed E-state index contributed by atoms with van der Waals surface area (Å²) in [4.78, 5) is 2.11. The number of nitrogens with zero attached hydrogens (tertiary/aromatic N) is 2. The molecule has 38 heavy (non-hydrogen) atoms. The summed E-state index contributed by atoms with van der Waals surface area (Å²) >= 11 is 0. The van der Waals surface area contributed by atoms with Gasteiger partial charge in [-0.1, -0.05) is 72.8 Å². The van der Waals surface area contributed by atoms with Crippen molar-refractivity contribution < 1.29 is 9.31 Å². The first kappa shape index (κ1) is 25.0. The van der Waals surface area contributed by atoms with Crippen LogP contribution in [0.15, 0.2) is 139 Å². The minimum atomic E-state index is 0.800. The summed E-state index contributed by atoms with van der Waals surface area (Å²) < 4.78 is 8.65. The van der Waals surface area contributed by atoms with E-state index < -0.39 is 0 Å². The van der Waals surface area contributed by atoms with E-state index in [2.05, 4.69) is 141 Å². The number of hydrogen-bond acceptors (Lipinski definition) is 2. The van der Waals surface area contributed by atoms with Gasteiger partial charge in [-0.15, -0.1) is 0 Å². The highest BCUT2D eigenvalue weighted by molar-refractivity contribution is 6.03. The van der Waals surface area contributed by atoms with Gasteiger partial charge in [0.15, 0.2) is 5.71 Å². The molecular weight excluding hydrogens is 464 g/mol. The molecule has 0 amide bonds. The number of allylic oxidation sites excluding steroid dienone is 10. The lowest BCUT2D eigenvalue weighted by Gasteiger charge is -2.20. The SMILES string of the molecule is CN(C)c1ccc(C(C=C2C=C(c3ccccc3)C=C(c3ccccc3)O2)=C2C=CC(=[N+](C)C)C=C2)cc1. The molecule has 3 heteroatoms. The molecule has 0 aromatic heterocycles. The first-order chi connectivity index (χ1) is 18.5. The largest absolute Gasteiger partial charge is 0.457 e. The van der Waals surface area contributed by atoms with Gasteiger partial charge in [0.1, 0.15) is 25.6 Å². The summed E-state index contributed by atoms with van der Waals surface area (Å²) in [7, 11) is 8.24. The second kappa shape index (κ2) is 11.2. The summed E-state index contributed by atoms with van der Waals surface area (Å²) in [5, 5.41) is 0. The third-order valence-corrected chi connectivity index (χ3v) is 6.65. The van der Waals surface area contributed by atoms with Gasteiger partial charge >= 0.3 is 0 Å². The van der Waals surface area contributed by atoms with Crippen molar-refractivity contribution >= 4 is 28.3 Å². The minimum Gasteiger partial charge on any atom is -0.457 e. The molecule has 5 rings (SSSR count). The lowest BCUT2D eigenvalue weighted by atomic mass is 9.94. The van der Waals surface area contributed by atoms with Crippen LogP contribution in [-0.4, -0.2) is 38.5 Å². The minimum absolute atomic E-state index is 0.800. The molecule has 0 fully saturated rings. The third kappa shape index (κ3) is 5.68. The molecule has 1 heterocycles. The monoisotopic (exact) mass is 497 g/mol. The van der Waals surface area contributed by atoms with E-state index in [0.29, 0.717) is 0 Å². The Morgan fingerprint density at radius 3 is 1.89 bits per heavy atom. The number of anilines is 1. The second-order valence-corrected chi connectivity index (χ2v) is 9.79. The van der Waals surface area contributed by atoms with E-state index in [1.54, 1.807) is 0 Å². The van der Waals surface area contributed by atoms with Crippen LogP contribution in [-0.2, 0) is 4.74 Å². The highest BCUT2D eigenvalue weighted by Crippen LogP contribution is 2.34. The molecule has 3 aromatic rings. The Kier molecular flexibility index (Phi) is 7.37. The van der Waals surface area contributed by atoms with E-state index in [-0.39, 0.29) is 0 Å². The standard InChI is InChI=1S/C35H33N2O/c1-36(2)31-19-15-27(16-20-31)34(28-17-21-32(22-18-28)37(3)4)25-33-23-30(26-11-7-5-8-12-26)24-35(38-33)29-13-9-6-10-14-29/h5-25H,1-4H3/q+1. The van der Waals surface area contributed by atoms with Gasteiger partial charge in [0.05, 0.1) is 0 Å². The quantitative estimate of drug-likeness (QED) is 0.342. The molecule has 1 aliphatic heterocycles. The van der Waals surface area contributed by atoms with E-state index in [1.807, 2.05) is 24.3 Å². The van der Waals surface area contributed by atoms with Crippen molar-refractivity contribution in [3.05, 3.63) is 155 Å². The van der Waals surface area contributed by atoms with Gasteiger partial charge in [-0.05, 0) is 70.4 Å². The topological polar surface area (TPSA) is 15.5 Å². The van der Waals surface area contributed by atoms with E-state index >= 15 is 0 Å². The van der Waals surface area contributed by atoms with Crippen LogP contribution < -0.4 is 4.90 Å². The summed E-state index contributed by atoms with van der Waals surface area (Å²) in [5.41, 5.74) is 9.02. The first-order valence-corrected chi connectivity index (χ1v) is 12.8. The maximum absolute atomic E-state index is 6.53. The zero-order chi connectivity index (χ0) is 26.5. The van der Waals surface area contributed by atoms with Crippen LogP contribution in [0.1, 0.15) is 16.7 Å². The lowest BCUT2D eigenvalue weighted by molar-refractivity contribution is -0.462. The maximum Gasteiger partial charge on any atom is 0.199 e. The van der Waals surface area contributed by atoms with Gasteiger partial charge in [0.25, 0.3) is 0 Å². The normalized spacial score (nSPS) is 15.6. The Bertz CT molecular complexity index is 1510. The molecule has 0 N–H and O–H groups in total. The van der Waals surface area contributed by atoms with Crippen LogP contribution in [0.3, 0.4) is 0 Å². The van der Waals surface area contributed by atoms with Crippen molar-refractivity contribution in [2.24, 2.45) is 0 Å². The van der Waals surface area contributed by atoms with Crippen LogP contribution in [0.2, 0.25) is 0 Å². The van der Waals surface area contributed by atoms with Gasteiger partial charge in [-0.2, -0.15) is 0 Å². The molecule has 1 aliphatic carbocycles. The summed E-state index contributed by atoms with van der Waals surface area (Å²) in [5.74, 6) is 1.64. The van der Waals surface area contributed by atoms with Crippen molar-refractivity contribution in [3.8, 4) is 0 Å². The highest BCUT2D eigenvalue weighted by atomic mass is 16.5. The van der Waals surface area contributed by atoms with Gasteiger partial charge in [-0.25, -0.2) is 4.58 Å². The van der Waals surface area contributed by atoms with Crippen LogP contribution >= 0.6 is 0 Å². The van der Waals surface area contributed by atoms with E-state index in [4.69, 9.17) is 4.74 Å². The molecule has 3 nitrogen and oxygen atoms in total. The fourth-order valence-corrected chi connectivity index (χ4v) is 4.49. The Morgan fingerprint density at radius 2 is 1.32 bits per heavy atom.